The molecular formula is C17H28N2O2S. The number of nitrogens with zero attached hydrogens (tertiary/aromatic N) is 2. The average molecular weight is 324 g/mol. The maximum Gasteiger partial charge on any atom is 0.223 e. The molecule has 4 nitrogen and oxygen atoms in total. The number of hydrogen-bond donors (Lipinski definition) is 0. The number of amides is 1. The Kier molecular flexibility index (Phi) is 6.83. The molecule has 1 unspecified atom stereocenters. The minimum atomic E-state index is 0.224. The Morgan fingerprint density at radius 1 is 1.55 bits per heavy atom. The number of aryl methyl sites for hydroxylation is 2. The van der Waals surface area contributed by atoms with Crippen LogP contribution in [-0.2, 0) is 16.0 Å². The van der Waals surface area contributed by atoms with E-state index in [2.05, 4.69) is 18.8 Å². The number of carbonyl (C=O) groups is 1. The number of thiazole rings is 1. The normalized spacial score (nSPS) is 18.9. The van der Waals surface area contributed by atoms with E-state index < -0.39 is 0 Å². The van der Waals surface area contributed by atoms with E-state index in [1.807, 2.05) is 17.3 Å². The third kappa shape index (κ3) is 5.36. The molecule has 22 heavy (non-hydrogen) atoms. The lowest BCUT2D eigenvalue weighted by atomic mass is 10.0. The van der Waals surface area contributed by atoms with Crippen LogP contribution in [0, 0.1) is 12.8 Å². The van der Waals surface area contributed by atoms with Crippen molar-refractivity contribution in [2.45, 2.75) is 59.0 Å². The van der Waals surface area contributed by atoms with Gasteiger partial charge in [0.1, 0.15) is 0 Å². The molecule has 0 N–H and O–H groups in total. The van der Waals surface area contributed by atoms with E-state index in [0.717, 1.165) is 37.5 Å². The molecule has 1 aliphatic heterocycles. The molecule has 1 fully saturated rings. The molecule has 0 radical (unpaired) electrons. The molecule has 1 atom stereocenters. The zero-order valence-electron chi connectivity index (χ0n) is 14.0. The molecule has 5 heteroatoms. The van der Waals surface area contributed by atoms with E-state index in [0.29, 0.717) is 13.0 Å². The summed E-state index contributed by atoms with van der Waals surface area (Å²) >= 11 is 1.65. The van der Waals surface area contributed by atoms with E-state index in [1.54, 1.807) is 11.3 Å². The van der Waals surface area contributed by atoms with Crippen molar-refractivity contribution in [2.24, 2.45) is 5.92 Å². The van der Waals surface area contributed by atoms with Crippen molar-refractivity contribution in [1.82, 2.24) is 9.88 Å². The summed E-state index contributed by atoms with van der Waals surface area (Å²) in [6.45, 7) is 8.69. The first kappa shape index (κ1) is 17.4. The van der Waals surface area contributed by atoms with Gasteiger partial charge in [-0.2, -0.15) is 0 Å². The number of ether oxygens (including phenoxy) is 1. The van der Waals surface area contributed by atoms with Crippen molar-refractivity contribution in [2.75, 3.05) is 19.7 Å². The van der Waals surface area contributed by atoms with Gasteiger partial charge in [0.05, 0.1) is 23.9 Å². The molecule has 0 aliphatic carbocycles. The minimum absolute atomic E-state index is 0.224. The lowest BCUT2D eigenvalue weighted by molar-refractivity contribution is -0.139. The Morgan fingerprint density at radius 2 is 2.36 bits per heavy atom. The van der Waals surface area contributed by atoms with Crippen molar-refractivity contribution in [1.29, 1.82) is 0 Å². The van der Waals surface area contributed by atoms with Gasteiger partial charge < -0.3 is 9.64 Å². The predicted molar refractivity (Wildman–Crippen MR) is 90.2 cm³/mol. The fourth-order valence-corrected chi connectivity index (χ4v) is 3.60. The summed E-state index contributed by atoms with van der Waals surface area (Å²) in [5, 5.41) is 0. The van der Waals surface area contributed by atoms with E-state index in [4.69, 9.17) is 4.74 Å². The van der Waals surface area contributed by atoms with Gasteiger partial charge in [0, 0.05) is 24.4 Å². The van der Waals surface area contributed by atoms with E-state index in [1.165, 1.54) is 17.7 Å². The van der Waals surface area contributed by atoms with Gasteiger partial charge in [0.15, 0.2) is 0 Å². The van der Waals surface area contributed by atoms with Crippen LogP contribution in [0.25, 0.3) is 0 Å². The fraction of sp³-hybridized carbons (Fsp3) is 0.765. The van der Waals surface area contributed by atoms with Crippen molar-refractivity contribution < 1.29 is 9.53 Å². The summed E-state index contributed by atoms with van der Waals surface area (Å²) < 4.78 is 5.81. The number of morpholine rings is 1. The Balaban J connectivity index is 1.74. The summed E-state index contributed by atoms with van der Waals surface area (Å²) in [7, 11) is 0. The number of hydrogen-bond acceptors (Lipinski definition) is 4. The second kappa shape index (κ2) is 8.63. The van der Waals surface area contributed by atoms with E-state index in [-0.39, 0.29) is 12.0 Å². The summed E-state index contributed by atoms with van der Waals surface area (Å²) in [5.74, 6) is 0.994. The highest BCUT2D eigenvalue weighted by Gasteiger charge is 2.23. The lowest BCUT2D eigenvalue weighted by Gasteiger charge is -2.33. The minimum Gasteiger partial charge on any atom is -0.375 e. The van der Waals surface area contributed by atoms with E-state index in [9.17, 15) is 4.79 Å². The summed E-state index contributed by atoms with van der Waals surface area (Å²) in [6, 6.07) is 0. The Morgan fingerprint density at radius 3 is 3.05 bits per heavy atom. The molecule has 1 aromatic heterocycles. The van der Waals surface area contributed by atoms with E-state index >= 15 is 0 Å². The predicted octanol–water partition coefficient (Wildman–Crippen LogP) is 3.44. The van der Waals surface area contributed by atoms with Crippen LogP contribution in [0.2, 0.25) is 0 Å². The first-order chi connectivity index (χ1) is 10.6. The van der Waals surface area contributed by atoms with Gasteiger partial charge in [0.2, 0.25) is 5.91 Å². The van der Waals surface area contributed by atoms with Gasteiger partial charge in [-0.15, -0.1) is 11.3 Å². The molecule has 0 spiro atoms. The third-order valence-corrected chi connectivity index (χ3v) is 5.20. The smallest absolute Gasteiger partial charge is 0.223 e. The second-order valence-corrected chi connectivity index (χ2v) is 7.46. The van der Waals surface area contributed by atoms with Crippen LogP contribution < -0.4 is 0 Å². The third-order valence-electron chi connectivity index (χ3n) is 4.21. The highest BCUT2D eigenvalue weighted by atomic mass is 32.1. The van der Waals surface area contributed by atoms with Crippen LogP contribution in [0.4, 0.5) is 0 Å². The summed E-state index contributed by atoms with van der Waals surface area (Å²) in [5.41, 5.74) is 2.92. The summed E-state index contributed by atoms with van der Waals surface area (Å²) in [4.78, 5) is 19.8. The van der Waals surface area contributed by atoms with Crippen LogP contribution in [0.5, 0.6) is 0 Å². The lowest BCUT2D eigenvalue weighted by Crippen LogP contribution is -2.45. The summed E-state index contributed by atoms with van der Waals surface area (Å²) in [6.07, 6.45) is 5.10. The van der Waals surface area contributed by atoms with Crippen molar-refractivity contribution in [3.05, 3.63) is 16.1 Å². The molecule has 1 aliphatic rings. The van der Waals surface area contributed by atoms with Gasteiger partial charge in [-0.05, 0) is 25.7 Å². The highest BCUT2D eigenvalue weighted by Crippen LogP contribution is 2.18. The van der Waals surface area contributed by atoms with Gasteiger partial charge in [-0.25, -0.2) is 4.98 Å². The van der Waals surface area contributed by atoms with Crippen molar-refractivity contribution in [3.63, 3.8) is 0 Å². The van der Waals surface area contributed by atoms with Crippen molar-refractivity contribution >= 4 is 17.2 Å². The van der Waals surface area contributed by atoms with Crippen LogP contribution in [0.1, 0.15) is 50.1 Å². The Labute approximate surface area is 137 Å². The molecule has 1 saturated heterocycles. The standard InChI is InChI=1S/C17H28N2O2S/c1-13(2)5-4-6-15-11-19(9-10-21-15)17(20)8-7-16-14(3)18-12-22-16/h12-13,15H,4-11H2,1-3H3. The largest absolute Gasteiger partial charge is 0.375 e. The van der Waals surface area contributed by atoms with Gasteiger partial charge in [-0.3, -0.25) is 4.79 Å². The zero-order valence-corrected chi connectivity index (χ0v) is 14.8. The first-order valence-electron chi connectivity index (χ1n) is 8.34. The molecule has 0 saturated carbocycles. The number of carbonyl (C=O) groups excluding carboxylic acids is 1. The molecule has 1 aromatic rings. The Hall–Kier alpha value is -0.940. The SMILES string of the molecule is Cc1ncsc1CCC(=O)N1CCOC(CCCC(C)C)C1. The Bertz CT molecular complexity index is 473. The molecule has 0 aromatic carbocycles. The maximum absolute atomic E-state index is 12.4. The monoisotopic (exact) mass is 324 g/mol. The van der Waals surface area contributed by atoms with Crippen LogP contribution in [0.3, 0.4) is 0 Å². The molecule has 1 amide bonds. The van der Waals surface area contributed by atoms with Crippen molar-refractivity contribution in [3.8, 4) is 0 Å². The number of rotatable bonds is 7. The van der Waals surface area contributed by atoms with Crippen LogP contribution in [0.15, 0.2) is 5.51 Å². The van der Waals surface area contributed by atoms with Gasteiger partial charge >= 0.3 is 0 Å². The topological polar surface area (TPSA) is 42.4 Å². The highest BCUT2D eigenvalue weighted by molar-refractivity contribution is 7.09. The molecule has 2 heterocycles. The zero-order chi connectivity index (χ0) is 15.9. The second-order valence-electron chi connectivity index (χ2n) is 6.52. The van der Waals surface area contributed by atoms with Crippen LogP contribution in [-0.4, -0.2) is 41.6 Å². The molecule has 0 bridgehead atoms. The number of aromatic nitrogens is 1. The molecule has 124 valence electrons. The van der Waals surface area contributed by atoms with Crippen LogP contribution >= 0.6 is 11.3 Å². The quantitative estimate of drug-likeness (QED) is 0.771. The fourth-order valence-electron chi connectivity index (χ4n) is 2.82. The molecule has 2 rings (SSSR count). The van der Waals surface area contributed by atoms with Gasteiger partial charge in [-0.1, -0.05) is 26.7 Å². The molecular weight excluding hydrogens is 296 g/mol. The van der Waals surface area contributed by atoms with Gasteiger partial charge in [0.25, 0.3) is 0 Å². The average Bonchev–Trinajstić information content (AvgIpc) is 2.90. The maximum atomic E-state index is 12.4. The first-order valence-corrected chi connectivity index (χ1v) is 9.22.